The fraction of sp³-hybridized carbons (Fsp3) is 0.318. The fourth-order valence-electron chi connectivity index (χ4n) is 3.68. The van der Waals surface area contributed by atoms with Gasteiger partial charge in [0.15, 0.2) is 0 Å². The molecule has 3 aromatic rings. The molecule has 1 aliphatic rings. The van der Waals surface area contributed by atoms with Crippen molar-refractivity contribution >= 4 is 27.6 Å². The summed E-state index contributed by atoms with van der Waals surface area (Å²) in [4.78, 5) is 14.3. The molecule has 0 radical (unpaired) electrons. The molecular weight excluding hydrogens is 310 g/mol. The van der Waals surface area contributed by atoms with Crippen molar-refractivity contribution in [3.8, 4) is 0 Å². The highest BCUT2D eigenvalue weighted by molar-refractivity contribution is 6.02. The number of ether oxygens (including phenoxy) is 1. The highest BCUT2D eigenvalue weighted by Crippen LogP contribution is 2.29. The van der Waals surface area contributed by atoms with Crippen molar-refractivity contribution in [1.29, 1.82) is 0 Å². The molecule has 0 aliphatic carbocycles. The van der Waals surface area contributed by atoms with Gasteiger partial charge >= 0.3 is 6.09 Å². The van der Waals surface area contributed by atoms with Gasteiger partial charge in [-0.1, -0.05) is 55.5 Å². The minimum absolute atomic E-state index is 0.191. The van der Waals surface area contributed by atoms with Gasteiger partial charge in [0.2, 0.25) is 0 Å². The minimum Gasteiger partial charge on any atom is -0.444 e. The summed E-state index contributed by atoms with van der Waals surface area (Å²) in [7, 11) is 0. The molecular formula is C22H23NO2. The van der Waals surface area contributed by atoms with Gasteiger partial charge in [-0.15, -0.1) is 0 Å². The summed E-state index contributed by atoms with van der Waals surface area (Å²) < 4.78 is 5.71. The number of likely N-dealkylation sites (tertiary alicyclic amines) is 1. The predicted octanol–water partition coefficient (Wildman–Crippen LogP) is 5.36. The van der Waals surface area contributed by atoms with Gasteiger partial charge in [-0.05, 0) is 46.4 Å². The Morgan fingerprint density at radius 3 is 2.16 bits per heavy atom. The molecule has 0 N–H and O–H groups in total. The maximum atomic E-state index is 12.5. The van der Waals surface area contributed by atoms with Gasteiger partial charge in [0.05, 0.1) is 0 Å². The van der Waals surface area contributed by atoms with E-state index in [2.05, 4.69) is 37.3 Å². The van der Waals surface area contributed by atoms with Gasteiger partial charge in [0, 0.05) is 18.7 Å². The third-order valence-electron chi connectivity index (χ3n) is 5.26. The van der Waals surface area contributed by atoms with Crippen LogP contribution in [0.3, 0.4) is 0 Å². The van der Waals surface area contributed by atoms with Crippen LogP contribution in [0.25, 0.3) is 21.5 Å². The number of rotatable bonds is 2. The highest BCUT2D eigenvalue weighted by Gasteiger charge is 2.21. The van der Waals surface area contributed by atoms with Crippen LogP contribution in [-0.4, -0.2) is 24.1 Å². The van der Waals surface area contributed by atoms with Crippen molar-refractivity contribution in [1.82, 2.24) is 4.90 Å². The van der Waals surface area contributed by atoms with Crippen LogP contribution in [0, 0.1) is 5.92 Å². The Kier molecular flexibility index (Phi) is 4.31. The van der Waals surface area contributed by atoms with E-state index < -0.39 is 0 Å². The number of carbonyl (C=O) groups excluding carboxylic acids is 1. The molecule has 128 valence electrons. The Balaban J connectivity index is 1.62. The zero-order valence-corrected chi connectivity index (χ0v) is 14.6. The Hall–Kier alpha value is -2.55. The molecule has 1 fully saturated rings. The van der Waals surface area contributed by atoms with Gasteiger partial charge < -0.3 is 9.64 Å². The standard InChI is InChI=1S/C22H23NO2/c1-16-10-12-23(13-11-16)22(24)25-15-21-19-8-4-2-6-17(19)14-18-7-3-5-9-20(18)21/h2-9,14,16H,10-13,15H2,1H3. The van der Waals surface area contributed by atoms with Gasteiger partial charge in [0.1, 0.15) is 6.61 Å². The molecule has 0 aromatic heterocycles. The molecule has 4 rings (SSSR count). The smallest absolute Gasteiger partial charge is 0.410 e. The number of benzene rings is 3. The summed E-state index contributed by atoms with van der Waals surface area (Å²) in [6.45, 7) is 4.16. The summed E-state index contributed by atoms with van der Waals surface area (Å²) in [6.07, 6.45) is 1.93. The molecule has 1 heterocycles. The van der Waals surface area contributed by atoms with Crippen LogP contribution in [0.1, 0.15) is 25.3 Å². The number of fused-ring (bicyclic) bond motifs is 2. The summed E-state index contributed by atoms with van der Waals surface area (Å²) in [5.74, 6) is 0.700. The van der Waals surface area contributed by atoms with Crippen molar-refractivity contribution in [3.63, 3.8) is 0 Å². The SMILES string of the molecule is CC1CCN(C(=O)OCc2c3ccccc3cc3ccccc23)CC1. The van der Waals surface area contributed by atoms with E-state index in [1.165, 1.54) is 10.8 Å². The van der Waals surface area contributed by atoms with E-state index in [4.69, 9.17) is 4.74 Å². The van der Waals surface area contributed by atoms with E-state index in [0.29, 0.717) is 12.5 Å². The average Bonchev–Trinajstić information content (AvgIpc) is 2.65. The van der Waals surface area contributed by atoms with Gasteiger partial charge in [-0.3, -0.25) is 0 Å². The lowest BCUT2D eigenvalue weighted by Gasteiger charge is -2.29. The molecule has 0 unspecified atom stereocenters. The molecule has 3 nitrogen and oxygen atoms in total. The lowest BCUT2D eigenvalue weighted by molar-refractivity contribution is 0.0843. The Bertz CT molecular complexity index is 856. The van der Waals surface area contributed by atoms with Gasteiger partial charge in [0.25, 0.3) is 0 Å². The van der Waals surface area contributed by atoms with E-state index in [1.54, 1.807) is 0 Å². The largest absolute Gasteiger partial charge is 0.444 e. The van der Waals surface area contributed by atoms with Crippen LogP contribution < -0.4 is 0 Å². The lowest BCUT2D eigenvalue weighted by atomic mass is 9.97. The summed E-state index contributed by atoms with van der Waals surface area (Å²) in [5, 5.41) is 4.67. The number of hydrogen-bond donors (Lipinski definition) is 0. The van der Waals surface area contributed by atoms with Crippen molar-refractivity contribution < 1.29 is 9.53 Å². The first-order valence-corrected chi connectivity index (χ1v) is 9.03. The van der Waals surface area contributed by atoms with Crippen LogP contribution in [0.15, 0.2) is 54.6 Å². The third kappa shape index (κ3) is 3.19. The molecule has 3 aromatic carbocycles. The number of carbonyl (C=O) groups is 1. The van der Waals surface area contributed by atoms with E-state index in [0.717, 1.165) is 42.3 Å². The van der Waals surface area contributed by atoms with Crippen molar-refractivity contribution in [3.05, 3.63) is 60.2 Å². The Labute approximate surface area is 148 Å². The van der Waals surface area contributed by atoms with Gasteiger partial charge in [-0.25, -0.2) is 4.79 Å². The second-order valence-electron chi connectivity index (χ2n) is 7.02. The molecule has 1 saturated heterocycles. The molecule has 0 atom stereocenters. The number of amides is 1. The highest BCUT2D eigenvalue weighted by atomic mass is 16.6. The molecule has 1 amide bonds. The maximum Gasteiger partial charge on any atom is 0.410 e. The van der Waals surface area contributed by atoms with E-state index in [9.17, 15) is 4.79 Å². The zero-order valence-electron chi connectivity index (χ0n) is 14.6. The minimum atomic E-state index is -0.191. The van der Waals surface area contributed by atoms with E-state index in [-0.39, 0.29) is 6.09 Å². The van der Waals surface area contributed by atoms with Crippen LogP contribution in [-0.2, 0) is 11.3 Å². The molecule has 1 aliphatic heterocycles. The summed E-state index contributed by atoms with van der Waals surface area (Å²) in [5.41, 5.74) is 1.09. The Morgan fingerprint density at radius 1 is 1.00 bits per heavy atom. The average molecular weight is 333 g/mol. The molecule has 0 spiro atoms. The van der Waals surface area contributed by atoms with Crippen LogP contribution in [0.2, 0.25) is 0 Å². The number of hydrogen-bond acceptors (Lipinski definition) is 2. The van der Waals surface area contributed by atoms with E-state index >= 15 is 0 Å². The van der Waals surface area contributed by atoms with Crippen molar-refractivity contribution in [2.75, 3.05) is 13.1 Å². The van der Waals surface area contributed by atoms with Crippen LogP contribution in [0.4, 0.5) is 4.79 Å². The van der Waals surface area contributed by atoms with E-state index in [1.807, 2.05) is 29.2 Å². The zero-order chi connectivity index (χ0) is 17.2. The van der Waals surface area contributed by atoms with Crippen LogP contribution in [0.5, 0.6) is 0 Å². The summed E-state index contributed by atoms with van der Waals surface area (Å²) >= 11 is 0. The normalized spacial score (nSPS) is 15.6. The fourth-order valence-corrected chi connectivity index (χ4v) is 3.68. The molecule has 3 heteroatoms. The first-order valence-electron chi connectivity index (χ1n) is 9.03. The molecule has 0 saturated carbocycles. The number of nitrogens with zero attached hydrogens (tertiary/aromatic N) is 1. The lowest BCUT2D eigenvalue weighted by Crippen LogP contribution is -2.38. The number of piperidine rings is 1. The Morgan fingerprint density at radius 2 is 1.56 bits per heavy atom. The first kappa shape index (κ1) is 15.9. The van der Waals surface area contributed by atoms with Crippen molar-refractivity contribution in [2.24, 2.45) is 5.92 Å². The van der Waals surface area contributed by atoms with Crippen LogP contribution >= 0.6 is 0 Å². The quantitative estimate of drug-likeness (QED) is 0.591. The maximum absolute atomic E-state index is 12.5. The molecule has 25 heavy (non-hydrogen) atoms. The second-order valence-corrected chi connectivity index (χ2v) is 7.02. The topological polar surface area (TPSA) is 29.5 Å². The first-order chi connectivity index (χ1) is 12.2. The molecule has 0 bridgehead atoms. The van der Waals surface area contributed by atoms with Gasteiger partial charge in [-0.2, -0.15) is 0 Å². The monoisotopic (exact) mass is 333 g/mol. The van der Waals surface area contributed by atoms with Crippen molar-refractivity contribution in [2.45, 2.75) is 26.4 Å². The summed E-state index contributed by atoms with van der Waals surface area (Å²) in [6, 6.07) is 18.8. The predicted molar refractivity (Wildman–Crippen MR) is 102 cm³/mol. The third-order valence-corrected chi connectivity index (χ3v) is 5.26. The second kappa shape index (κ2) is 6.75.